The van der Waals surface area contributed by atoms with Gasteiger partial charge in [0.2, 0.25) is 21.8 Å². The Morgan fingerprint density at radius 1 is 1.09 bits per heavy atom. The van der Waals surface area contributed by atoms with Crippen molar-refractivity contribution in [1.82, 2.24) is 19.5 Å². The van der Waals surface area contributed by atoms with E-state index in [0.717, 1.165) is 0 Å². The number of hydrogen-bond donors (Lipinski definition) is 1. The van der Waals surface area contributed by atoms with E-state index in [1.807, 2.05) is 0 Å². The summed E-state index contributed by atoms with van der Waals surface area (Å²) in [6.07, 6.45) is 4.14. The molecule has 5 rings (SSSR count). The van der Waals surface area contributed by atoms with Gasteiger partial charge in [0.15, 0.2) is 0 Å². The molecule has 34 heavy (non-hydrogen) atoms. The molecule has 2 fully saturated rings. The summed E-state index contributed by atoms with van der Waals surface area (Å²) in [5.74, 6) is -1.99. The van der Waals surface area contributed by atoms with Crippen LogP contribution in [0.25, 0.3) is 0 Å². The first kappa shape index (κ1) is 22.6. The zero-order valence-corrected chi connectivity index (χ0v) is 19.1. The molecule has 11 heteroatoms. The normalized spacial score (nSPS) is 22.1. The lowest BCUT2D eigenvalue weighted by molar-refractivity contribution is -0.136. The largest absolute Gasteiger partial charge is 0.322 e. The van der Waals surface area contributed by atoms with Gasteiger partial charge in [-0.25, -0.2) is 12.8 Å². The van der Waals surface area contributed by atoms with Crippen molar-refractivity contribution in [3.8, 4) is 0 Å². The molecule has 2 aromatic rings. The van der Waals surface area contributed by atoms with E-state index in [2.05, 4.69) is 10.3 Å². The number of halogens is 1. The summed E-state index contributed by atoms with van der Waals surface area (Å²) >= 11 is 0. The Hall–Kier alpha value is -3.18. The first-order valence-corrected chi connectivity index (χ1v) is 12.6. The minimum Gasteiger partial charge on any atom is -0.322 e. The highest BCUT2D eigenvalue weighted by atomic mass is 32.2. The third kappa shape index (κ3) is 3.88. The highest BCUT2D eigenvalue weighted by Gasteiger charge is 2.41. The number of carbonyl (C=O) groups excluding carboxylic acids is 3. The number of amides is 3. The topological polar surface area (TPSA) is 117 Å². The van der Waals surface area contributed by atoms with Crippen molar-refractivity contribution in [2.24, 2.45) is 0 Å². The monoisotopic (exact) mass is 486 g/mol. The van der Waals surface area contributed by atoms with Crippen LogP contribution < -0.4 is 5.32 Å². The number of rotatable bonds is 4. The lowest BCUT2D eigenvalue weighted by Gasteiger charge is -2.32. The standard InChI is InChI=1S/C23H23FN4O5S/c24-15-10-17(14-5-8-27(9-6-14)34(32,33)16-2-1-7-25-12-16)19-13-28(23(31)18(19)11-15)20-3-4-21(29)26-22(20)30/h1-2,7,10-12,14,20H,3-6,8-9,13H2,(H,26,29,30). The lowest BCUT2D eigenvalue weighted by Crippen LogP contribution is -2.52. The average molecular weight is 487 g/mol. The number of piperidine rings is 2. The van der Waals surface area contributed by atoms with Crippen molar-refractivity contribution in [1.29, 1.82) is 0 Å². The fourth-order valence-corrected chi connectivity index (χ4v) is 6.51. The maximum Gasteiger partial charge on any atom is 0.255 e. The predicted molar refractivity (Wildman–Crippen MR) is 117 cm³/mol. The number of pyridine rings is 1. The maximum atomic E-state index is 14.5. The maximum absolute atomic E-state index is 14.5. The molecule has 1 aromatic carbocycles. The molecular formula is C23H23FN4O5S. The van der Waals surface area contributed by atoms with E-state index in [1.54, 1.807) is 6.07 Å². The number of nitrogens with one attached hydrogen (secondary N) is 1. The molecule has 3 amide bonds. The number of aromatic nitrogens is 1. The third-order valence-electron chi connectivity index (χ3n) is 6.82. The number of benzene rings is 1. The number of sulfonamides is 1. The van der Waals surface area contributed by atoms with Crippen molar-refractivity contribution >= 4 is 27.7 Å². The van der Waals surface area contributed by atoms with E-state index >= 15 is 0 Å². The molecular weight excluding hydrogens is 463 g/mol. The van der Waals surface area contributed by atoms with Gasteiger partial charge in [-0.05, 0) is 60.6 Å². The van der Waals surface area contributed by atoms with Crippen LogP contribution in [-0.4, -0.2) is 59.5 Å². The molecule has 1 unspecified atom stereocenters. The third-order valence-corrected chi connectivity index (χ3v) is 8.70. The molecule has 1 atom stereocenters. The minimum absolute atomic E-state index is 0.126. The van der Waals surface area contributed by atoms with Crippen LogP contribution in [0.2, 0.25) is 0 Å². The van der Waals surface area contributed by atoms with Crippen molar-refractivity contribution in [3.05, 3.63) is 59.2 Å². The Morgan fingerprint density at radius 2 is 1.85 bits per heavy atom. The average Bonchev–Trinajstić information content (AvgIpc) is 3.15. The Bertz CT molecular complexity index is 1280. The molecule has 0 bridgehead atoms. The highest BCUT2D eigenvalue weighted by Crippen LogP contribution is 2.38. The van der Waals surface area contributed by atoms with Gasteiger partial charge in [0.1, 0.15) is 16.8 Å². The molecule has 9 nitrogen and oxygen atoms in total. The highest BCUT2D eigenvalue weighted by molar-refractivity contribution is 7.89. The summed E-state index contributed by atoms with van der Waals surface area (Å²) < 4.78 is 41.7. The molecule has 3 aliphatic rings. The zero-order valence-electron chi connectivity index (χ0n) is 18.2. The second-order valence-corrected chi connectivity index (χ2v) is 10.7. The van der Waals surface area contributed by atoms with E-state index in [-0.39, 0.29) is 54.8 Å². The van der Waals surface area contributed by atoms with Crippen LogP contribution in [-0.2, 0) is 26.2 Å². The zero-order chi connectivity index (χ0) is 24.0. The number of carbonyl (C=O) groups is 3. The Balaban J connectivity index is 1.36. The van der Waals surface area contributed by atoms with E-state index < -0.39 is 33.7 Å². The van der Waals surface area contributed by atoms with Crippen LogP contribution in [0, 0.1) is 5.82 Å². The summed E-state index contributed by atoms with van der Waals surface area (Å²) in [6, 6.07) is 4.90. The summed E-state index contributed by atoms with van der Waals surface area (Å²) in [5.41, 5.74) is 1.58. The number of fused-ring (bicyclic) bond motifs is 1. The lowest BCUT2D eigenvalue weighted by atomic mass is 9.86. The van der Waals surface area contributed by atoms with E-state index in [1.165, 1.54) is 39.8 Å². The molecule has 178 valence electrons. The van der Waals surface area contributed by atoms with Crippen LogP contribution in [0.5, 0.6) is 0 Å². The molecule has 3 aliphatic heterocycles. The second kappa shape index (κ2) is 8.55. The SMILES string of the molecule is O=C1CCC(N2Cc3c(cc(F)cc3C3CCN(S(=O)(=O)c4cccnc4)CC3)C2=O)C(=O)N1. The van der Waals surface area contributed by atoms with Gasteiger partial charge in [0, 0.05) is 44.0 Å². The number of nitrogens with zero attached hydrogens (tertiary/aromatic N) is 3. The van der Waals surface area contributed by atoms with Crippen LogP contribution in [0.1, 0.15) is 53.1 Å². The number of hydrogen-bond acceptors (Lipinski definition) is 6. The molecule has 0 radical (unpaired) electrons. The van der Waals surface area contributed by atoms with E-state index in [0.29, 0.717) is 24.0 Å². The van der Waals surface area contributed by atoms with Crippen molar-refractivity contribution in [2.75, 3.05) is 13.1 Å². The predicted octanol–water partition coefficient (Wildman–Crippen LogP) is 1.55. The Kier molecular flexibility index (Phi) is 5.68. The molecule has 1 N–H and O–H groups in total. The molecule has 4 heterocycles. The Morgan fingerprint density at radius 3 is 2.53 bits per heavy atom. The van der Waals surface area contributed by atoms with Crippen LogP contribution in [0.15, 0.2) is 41.6 Å². The van der Waals surface area contributed by atoms with Crippen molar-refractivity contribution in [2.45, 2.75) is 49.1 Å². The molecule has 0 saturated carbocycles. The van der Waals surface area contributed by atoms with Crippen LogP contribution in [0.3, 0.4) is 0 Å². The summed E-state index contributed by atoms with van der Waals surface area (Å²) in [5, 5.41) is 2.26. The fraction of sp³-hybridized carbons (Fsp3) is 0.391. The molecule has 2 saturated heterocycles. The van der Waals surface area contributed by atoms with Gasteiger partial charge in [-0.2, -0.15) is 4.31 Å². The van der Waals surface area contributed by atoms with Gasteiger partial charge in [-0.15, -0.1) is 0 Å². The first-order valence-electron chi connectivity index (χ1n) is 11.1. The summed E-state index contributed by atoms with van der Waals surface area (Å²) in [6.45, 7) is 0.681. The van der Waals surface area contributed by atoms with Crippen molar-refractivity contribution < 1.29 is 27.2 Å². The van der Waals surface area contributed by atoms with Gasteiger partial charge in [-0.3, -0.25) is 24.7 Å². The minimum atomic E-state index is -3.67. The molecule has 1 aromatic heterocycles. The molecule has 0 aliphatic carbocycles. The van der Waals surface area contributed by atoms with Gasteiger partial charge >= 0.3 is 0 Å². The number of imide groups is 1. The quantitative estimate of drug-likeness (QED) is 0.656. The van der Waals surface area contributed by atoms with Gasteiger partial charge < -0.3 is 4.90 Å². The summed E-state index contributed by atoms with van der Waals surface area (Å²) in [4.78, 5) is 42.3. The summed E-state index contributed by atoms with van der Waals surface area (Å²) in [7, 11) is -3.67. The van der Waals surface area contributed by atoms with Gasteiger partial charge in [0.25, 0.3) is 5.91 Å². The van der Waals surface area contributed by atoms with E-state index in [9.17, 15) is 27.2 Å². The smallest absolute Gasteiger partial charge is 0.255 e. The van der Waals surface area contributed by atoms with Crippen LogP contribution in [0.4, 0.5) is 4.39 Å². The fourth-order valence-electron chi connectivity index (χ4n) is 5.07. The first-order chi connectivity index (χ1) is 16.3. The van der Waals surface area contributed by atoms with Crippen LogP contribution >= 0.6 is 0 Å². The van der Waals surface area contributed by atoms with Gasteiger partial charge in [-0.1, -0.05) is 0 Å². The van der Waals surface area contributed by atoms with Gasteiger partial charge in [0.05, 0.1) is 0 Å². The second-order valence-electron chi connectivity index (χ2n) is 8.79. The Labute approximate surface area is 196 Å². The van der Waals surface area contributed by atoms with E-state index in [4.69, 9.17) is 0 Å². The van der Waals surface area contributed by atoms with Crippen molar-refractivity contribution in [3.63, 3.8) is 0 Å². The molecule has 0 spiro atoms.